The summed E-state index contributed by atoms with van der Waals surface area (Å²) in [5, 5.41) is 0. The molecule has 2 fully saturated rings. The zero-order chi connectivity index (χ0) is 21.6. The molecule has 1 spiro atoms. The maximum absolute atomic E-state index is 13.4. The fraction of sp³-hybridized carbons (Fsp3) is 0.417. The fourth-order valence-electron chi connectivity index (χ4n) is 5.04. The molecule has 31 heavy (non-hydrogen) atoms. The molecule has 2 amide bonds. The first-order valence-electron chi connectivity index (χ1n) is 10.7. The van der Waals surface area contributed by atoms with Gasteiger partial charge in [0.25, 0.3) is 0 Å². The van der Waals surface area contributed by atoms with Crippen molar-refractivity contribution in [3.63, 3.8) is 0 Å². The zero-order valence-electron chi connectivity index (χ0n) is 17.8. The van der Waals surface area contributed by atoms with E-state index in [1.54, 1.807) is 29.2 Å². The van der Waals surface area contributed by atoms with E-state index in [4.69, 9.17) is 4.74 Å². The summed E-state index contributed by atoms with van der Waals surface area (Å²) in [7, 11) is 1.77. The number of fused-ring (bicyclic) bond motifs is 1. The maximum Gasteiger partial charge on any atom is 0.230 e. The van der Waals surface area contributed by atoms with Crippen LogP contribution in [0.5, 0.6) is 0 Å². The number of aromatic nitrogens is 2. The number of hydrogen-bond donors (Lipinski definition) is 0. The minimum Gasteiger partial charge on any atom is -0.360 e. The number of carbonyl (C=O) groups is 2. The van der Waals surface area contributed by atoms with Gasteiger partial charge in [-0.15, -0.1) is 0 Å². The zero-order valence-corrected chi connectivity index (χ0v) is 17.8. The first-order valence-corrected chi connectivity index (χ1v) is 10.7. The van der Waals surface area contributed by atoms with Gasteiger partial charge in [-0.3, -0.25) is 19.6 Å². The number of ether oxygens (including phenoxy) is 1. The van der Waals surface area contributed by atoms with E-state index in [2.05, 4.69) is 16.9 Å². The van der Waals surface area contributed by atoms with E-state index in [0.717, 1.165) is 23.2 Å². The summed E-state index contributed by atoms with van der Waals surface area (Å²) < 4.78 is 6.23. The number of hydrogen-bond acceptors (Lipinski definition) is 5. The number of aryl methyl sites for hydroxylation is 1. The van der Waals surface area contributed by atoms with E-state index in [9.17, 15) is 9.59 Å². The summed E-state index contributed by atoms with van der Waals surface area (Å²) in [5.41, 5.74) is 2.26. The van der Waals surface area contributed by atoms with Crippen LogP contribution in [-0.2, 0) is 33.8 Å². The van der Waals surface area contributed by atoms with Gasteiger partial charge < -0.3 is 14.5 Å². The molecule has 2 saturated heterocycles. The standard InChI is InChI=1S/C24H26N4O3/c1-3-16-6-7-18(26-12-16)14-27(2)22(29)20-19-8-9-24(31-19)15-28(23(30)21(20)24)13-17-5-4-10-25-11-17/h4-12,19-21H,3,13-15H2,1-2H3/t19-,20?,21?,24-/m1/s1. The molecule has 2 aromatic rings. The monoisotopic (exact) mass is 418 g/mol. The highest BCUT2D eigenvalue weighted by Crippen LogP contribution is 2.52. The molecule has 0 aliphatic carbocycles. The Balaban J connectivity index is 1.33. The van der Waals surface area contributed by atoms with Crippen molar-refractivity contribution < 1.29 is 14.3 Å². The summed E-state index contributed by atoms with van der Waals surface area (Å²) in [6.45, 7) is 3.42. The minimum absolute atomic E-state index is 0.0205. The van der Waals surface area contributed by atoms with Gasteiger partial charge in [-0.2, -0.15) is 0 Å². The first kappa shape index (κ1) is 19.9. The Morgan fingerprint density at radius 1 is 1.29 bits per heavy atom. The second-order valence-electron chi connectivity index (χ2n) is 8.66. The van der Waals surface area contributed by atoms with Gasteiger partial charge in [-0.25, -0.2) is 0 Å². The Bertz CT molecular complexity index is 1020. The van der Waals surface area contributed by atoms with Crippen LogP contribution >= 0.6 is 0 Å². The van der Waals surface area contributed by atoms with Gasteiger partial charge in [0.15, 0.2) is 0 Å². The van der Waals surface area contributed by atoms with Gasteiger partial charge in [0.2, 0.25) is 11.8 Å². The summed E-state index contributed by atoms with van der Waals surface area (Å²) in [4.78, 5) is 38.8. The third-order valence-electron chi connectivity index (χ3n) is 6.63. The Morgan fingerprint density at radius 3 is 2.87 bits per heavy atom. The van der Waals surface area contributed by atoms with Gasteiger partial charge in [-0.1, -0.05) is 31.2 Å². The van der Waals surface area contributed by atoms with Crippen LogP contribution in [0, 0.1) is 11.8 Å². The van der Waals surface area contributed by atoms with Crippen molar-refractivity contribution in [2.45, 2.75) is 38.1 Å². The Kier molecular flexibility index (Phi) is 4.85. The summed E-state index contributed by atoms with van der Waals surface area (Å²) in [5.74, 6) is -1.08. The topological polar surface area (TPSA) is 75.6 Å². The summed E-state index contributed by atoms with van der Waals surface area (Å²) in [6, 6.07) is 7.81. The maximum atomic E-state index is 13.4. The van der Waals surface area contributed by atoms with Crippen LogP contribution < -0.4 is 0 Å². The molecular weight excluding hydrogens is 392 g/mol. The van der Waals surface area contributed by atoms with Crippen molar-refractivity contribution in [1.29, 1.82) is 0 Å². The Labute approximate surface area is 181 Å². The van der Waals surface area contributed by atoms with Crippen LogP contribution in [0.4, 0.5) is 0 Å². The number of likely N-dealkylation sites (tertiary alicyclic amines) is 1. The molecule has 2 aromatic heterocycles. The Morgan fingerprint density at radius 2 is 2.16 bits per heavy atom. The lowest BCUT2D eigenvalue weighted by molar-refractivity contribution is -0.142. The van der Waals surface area contributed by atoms with Crippen molar-refractivity contribution in [2.75, 3.05) is 13.6 Å². The second-order valence-corrected chi connectivity index (χ2v) is 8.66. The van der Waals surface area contributed by atoms with Crippen molar-refractivity contribution in [2.24, 2.45) is 11.8 Å². The average Bonchev–Trinajstić information content (AvgIpc) is 3.43. The molecule has 7 nitrogen and oxygen atoms in total. The number of carbonyl (C=O) groups excluding carboxylic acids is 2. The molecular formula is C24H26N4O3. The summed E-state index contributed by atoms with van der Waals surface area (Å²) >= 11 is 0. The third-order valence-corrected chi connectivity index (χ3v) is 6.63. The van der Waals surface area contributed by atoms with E-state index in [1.807, 2.05) is 42.6 Å². The normalized spacial score (nSPS) is 28.3. The quantitative estimate of drug-likeness (QED) is 0.671. The van der Waals surface area contributed by atoms with E-state index in [1.165, 1.54) is 0 Å². The van der Waals surface area contributed by atoms with Crippen LogP contribution in [0.25, 0.3) is 0 Å². The molecule has 2 bridgehead atoms. The first-order chi connectivity index (χ1) is 15.0. The predicted molar refractivity (Wildman–Crippen MR) is 113 cm³/mol. The third kappa shape index (κ3) is 3.33. The molecule has 7 heteroatoms. The molecule has 0 N–H and O–H groups in total. The lowest BCUT2D eigenvalue weighted by Crippen LogP contribution is -2.44. The molecule has 160 valence electrons. The molecule has 3 aliphatic heterocycles. The smallest absolute Gasteiger partial charge is 0.230 e. The van der Waals surface area contributed by atoms with E-state index < -0.39 is 17.4 Å². The fourth-order valence-corrected chi connectivity index (χ4v) is 5.04. The molecule has 0 saturated carbocycles. The van der Waals surface area contributed by atoms with Crippen molar-refractivity contribution in [3.05, 3.63) is 71.8 Å². The lowest BCUT2D eigenvalue weighted by atomic mass is 9.76. The highest BCUT2D eigenvalue weighted by atomic mass is 16.5. The highest BCUT2D eigenvalue weighted by Gasteiger charge is 2.67. The van der Waals surface area contributed by atoms with E-state index in [0.29, 0.717) is 19.6 Å². The van der Waals surface area contributed by atoms with Crippen LogP contribution in [0.3, 0.4) is 0 Å². The van der Waals surface area contributed by atoms with E-state index >= 15 is 0 Å². The van der Waals surface area contributed by atoms with Gasteiger partial charge >= 0.3 is 0 Å². The molecule has 3 aliphatic rings. The van der Waals surface area contributed by atoms with E-state index in [-0.39, 0.29) is 17.9 Å². The molecule has 4 atom stereocenters. The lowest BCUT2D eigenvalue weighted by Gasteiger charge is -2.27. The predicted octanol–water partition coefficient (Wildman–Crippen LogP) is 1.98. The average molecular weight is 418 g/mol. The van der Waals surface area contributed by atoms with Crippen LogP contribution in [0.15, 0.2) is 55.0 Å². The summed E-state index contributed by atoms with van der Waals surface area (Å²) in [6.07, 6.45) is 9.84. The van der Waals surface area contributed by atoms with Crippen molar-refractivity contribution in [1.82, 2.24) is 19.8 Å². The highest BCUT2D eigenvalue weighted by molar-refractivity contribution is 5.93. The molecule has 5 rings (SSSR count). The largest absolute Gasteiger partial charge is 0.360 e. The van der Waals surface area contributed by atoms with Crippen molar-refractivity contribution >= 4 is 11.8 Å². The Hall–Kier alpha value is -3.06. The number of pyridine rings is 2. The van der Waals surface area contributed by atoms with Gasteiger partial charge in [-0.05, 0) is 29.7 Å². The van der Waals surface area contributed by atoms with Crippen LogP contribution in [0.2, 0.25) is 0 Å². The van der Waals surface area contributed by atoms with Gasteiger partial charge in [0, 0.05) is 32.2 Å². The minimum atomic E-state index is -0.702. The van der Waals surface area contributed by atoms with Crippen LogP contribution in [0.1, 0.15) is 23.7 Å². The number of nitrogens with zero attached hydrogens (tertiary/aromatic N) is 4. The second kappa shape index (κ2) is 7.57. The molecule has 2 unspecified atom stereocenters. The van der Waals surface area contributed by atoms with Crippen molar-refractivity contribution in [3.8, 4) is 0 Å². The molecule has 0 radical (unpaired) electrons. The van der Waals surface area contributed by atoms with Gasteiger partial charge in [0.05, 0.1) is 36.7 Å². The van der Waals surface area contributed by atoms with Gasteiger partial charge in [0.1, 0.15) is 5.60 Å². The van der Waals surface area contributed by atoms with Crippen LogP contribution in [-0.4, -0.2) is 56.9 Å². The molecule has 0 aromatic carbocycles. The number of amides is 2. The number of rotatable bonds is 6. The molecule has 5 heterocycles. The SMILES string of the molecule is CCc1ccc(CN(C)C(=O)C2C3C(=O)N(Cc4cccnc4)C[C@]34C=C[C@H]2O4)nc1.